The van der Waals surface area contributed by atoms with E-state index in [0.717, 1.165) is 11.1 Å². The van der Waals surface area contributed by atoms with E-state index in [0.29, 0.717) is 0 Å². The van der Waals surface area contributed by atoms with Gasteiger partial charge in [0.05, 0.1) is 13.2 Å². The first kappa shape index (κ1) is 19.9. The van der Waals surface area contributed by atoms with Crippen molar-refractivity contribution in [3.05, 3.63) is 35.4 Å². The zero-order valence-corrected chi connectivity index (χ0v) is 12.0. The molecule has 0 fully saturated rings. The number of hydrogen-bond acceptors (Lipinski definition) is 8. The Hall–Kier alpha value is -1.07. The molecule has 0 radical (unpaired) electrons. The van der Waals surface area contributed by atoms with Crippen LogP contribution in [0, 0.1) is 0 Å². The Kier molecular flexibility index (Phi) is 9.29. The first-order valence-corrected chi connectivity index (χ1v) is 7.74. The Labute approximate surface area is 122 Å². The molecule has 21 heavy (non-hydrogen) atoms. The van der Waals surface area contributed by atoms with Crippen LogP contribution in [-0.2, 0) is 23.1 Å². The van der Waals surface area contributed by atoms with E-state index in [-0.39, 0.29) is 13.2 Å². The van der Waals surface area contributed by atoms with Crippen molar-refractivity contribution < 1.29 is 39.1 Å². The van der Waals surface area contributed by atoms with Gasteiger partial charge in [-0.25, -0.2) is 8.42 Å². The highest BCUT2D eigenvalue weighted by atomic mass is 32.2. The van der Waals surface area contributed by atoms with E-state index in [2.05, 4.69) is 0 Å². The molecule has 0 bridgehead atoms. The normalized spacial score (nSPS) is 11.4. The van der Waals surface area contributed by atoms with Gasteiger partial charge in [-0.1, -0.05) is 24.3 Å². The van der Waals surface area contributed by atoms with Gasteiger partial charge in [-0.2, -0.15) is 0 Å². The van der Waals surface area contributed by atoms with E-state index in [1.807, 2.05) is 0 Å². The third-order valence-electron chi connectivity index (χ3n) is 2.19. The lowest BCUT2D eigenvalue weighted by Crippen LogP contribution is -2.28. The Morgan fingerprint density at radius 1 is 0.762 bits per heavy atom. The minimum Gasteiger partial charge on any atom is -0.392 e. The number of rotatable bonds is 6. The molecular weight excluding hydrogens is 304 g/mol. The maximum absolute atomic E-state index is 10.6. The van der Waals surface area contributed by atoms with Gasteiger partial charge in [0.25, 0.3) is 0 Å². The molecule has 0 aliphatic rings. The van der Waals surface area contributed by atoms with Crippen LogP contribution >= 0.6 is 0 Å². The molecule has 0 amide bonds. The molecular formula is C12H20O8S. The van der Waals surface area contributed by atoms with Crippen molar-refractivity contribution in [2.75, 3.05) is 11.5 Å². The largest absolute Gasteiger partial charge is 0.392 e. The molecule has 0 saturated heterocycles. The summed E-state index contributed by atoms with van der Waals surface area (Å²) in [5.74, 6) is -1.77. The van der Waals surface area contributed by atoms with Gasteiger partial charge in [0.1, 0.15) is 11.5 Å². The van der Waals surface area contributed by atoms with Crippen LogP contribution in [-0.4, -0.2) is 63.1 Å². The lowest BCUT2D eigenvalue weighted by atomic mass is 10.1. The van der Waals surface area contributed by atoms with Gasteiger partial charge in [0, 0.05) is 0 Å². The molecule has 8 nitrogen and oxygen atoms in total. The monoisotopic (exact) mass is 324 g/mol. The summed E-state index contributed by atoms with van der Waals surface area (Å²) in [6, 6.07) is 7.19. The third-order valence-corrected chi connectivity index (χ3v) is 3.81. The lowest BCUT2D eigenvalue weighted by Gasteiger charge is -2.06. The van der Waals surface area contributed by atoms with Crippen LogP contribution in [0.1, 0.15) is 11.1 Å². The molecule has 0 unspecified atom stereocenters. The molecule has 0 spiro atoms. The molecule has 122 valence electrons. The van der Waals surface area contributed by atoms with Crippen LogP contribution in [0.3, 0.4) is 0 Å². The summed E-state index contributed by atoms with van der Waals surface area (Å²) in [5, 5.41) is 50.1. The van der Waals surface area contributed by atoms with Gasteiger partial charge in [0.2, 0.25) is 0 Å². The van der Waals surface area contributed by atoms with Crippen LogP contribution in [0.15, 0.2) is 24.3 Å². The number of sulfone groups is 1. The van der Waals surface area contributed by atoms with Crippen LogP contribution < -0.4 is 0 Å². The second-order valence-corrected chi connectivity index (χ2v) is 6.32. The number of benzene rings is 1. The Bertz CT molecular complexity index is 441. The van der Waals surface area contributed by atoms with Gasteiger partial charge >= 0.3 is 0 Å². The highest BCUT2D eigenvalue weighted by Crippen LogP contribution is 2.03. The summed E-state index contributed by atoms with van der Waals surface area (Å²) in [7, 11) is -3.78. The molecule has 1 aromatic rings. The summed E-state index contributed by atoms with van der Waals surface area (Å²) in [6.07, 6.45) is -3.95. The molecule has 0 aliphatic carbocycles. The van der Waals surface area contributed by atoms with Crippen molar-refractivity contribution in [2.45, 2.75) is 25.8 Å². The number of hydrogen-bond donors (Lipinski definition) is 6. The topological polar surface area (TPSA) is 156 Å². The first-order valence-electron chi connectivity index (χ1n) is 5.92. The molecule has 0 aliphatic heterocycles. The highest BCUT2D eigenvalue weighted by Gasteiger charge is 2.18. The molecule has 6 N–H and O–H groups in total. The summed E-state index contributed by atoms with van der Waals surface area (Å²) in [5.41, 5.74) is 1.74. The van der Waals surface area contributed by atoms with E-state index >= 15 is 0 Å². The van der Waals surface area contributed by atoms with Crippen molar-refractivity contribution >= 4 is 9.84 Å². The van der Waals surface area contributed by atoms with Crippen LogP contribution in [0.4, 0.5) is 0 Å². The van der Waals surface area contributed by atoms with Gasteiger partial charge in [-0.15, -0.1) is 0 Å². The van der Waals surface area contributed by atoms with Crippen molar-refractivity contribution in [1.82, 2.24) is 0 Å². The lowest BCUT2D eigenvalue weighted by molar-refractivity contribution is -0.0250. The van der Waals surface area contributed by atoms with Crippen molar-refractivity contribution in [3.8, 4) is 0 Å². The third kappa shape index (κ3) is 10.3. The zero-order chi connectivity index (χ0) is 16.5. The Balaban J connectivity index is 0.000000382. The number of aliphatic hydroxyl groups is 6. The standard InChI is InChI=1S/C8H10O2.C4H10O6S/c9-5-7-1-2-8(6-10)4-3-7;5-3(6)1-11(9,10)2-4(7)8/h1-4,9-10H,5-6H2;3-8H,1-2H2. The summed E-state index contributed by atoms with van der Waals surface area (Å²) in [4.78, 5) is 0. The smallest absolute Gasteiger partial charge is 0.165 e. The minimum absolute atomic E-state index is 0.0612. The predicted octanol–water partition coefficient (Wildman–Crippen LogP) is -2.31. The Morgan fingerprint density at radius 3 is 1.24 bits per heavy atom. The SMILES string of the molecule is O=S(=O)(CC(O)O)CC(O)O.OCc1ccc(CO)cc1. The second-order valence-electron chi connectivity index (χ2n) is 4.17. The fraction of sp³-hybridized carbons (Fsp3) is 0.500. The molecule has 0 atom stereocenters. The van der Waals surface area contributed by atoms with Gasteiger partial charge in [0.15, 0.2) is 22.4 Å². The maximum Gasteiger partial charge on any atom is 0.165 e. The number of aliphatic hydroxyl groups excluding tert-OH is 4. The van der Waals surface area contributed by atoms with Gasteiger partial charge < -0.3 is 30.6 Å². The van der Waals surface area contributed by atoms with E-state index < -0.39 is 33.9 Å². The van der Waals surface area contributed by atoms with Crippen molar-refractivity contribution in [1.29, 1.82) is 0 Å². The van der Waals surface area contributed by atoms with E-state index in [4.69, 9.17) is 30.6 Å². The van der Waals surface area contributed by atoms with Crippen molar-refractivity contribution in [3.63, 3.8) is 0 Å². The molecule has 1 aromatic carbocycles. The fourth-order valence-electron chi connectivity index (χ4n) is 1.27. The van der Waals surface area contributed by atoms with E-state index in [9.17, 15) is 8.42 Å². The quantitative estimate of drug-likeness (QED) is 0.319. The molecule has 0 aromatic heterocycles. The molecule has 1 rings (SSSR count). The van der Waals surface area contributed by atoms with Crippen LogP contribution in [0.25, 0.3) is 0 Å². The highest BCUT2D eigenvalue weighted by molar-refractivity contribution is 7.91. The summed E-state index contributed by atoms with van der Waals surface area (Å²) in [6.45, 7) is 0.122. The molecule has 9 heteroatoms. The zero-order valence-electron chi connectivity index (χ0n) is 11.2. The van der Waals surface area contributed by atoms with E-state index in [1.54, 1.807) is 24.3 Å². The van der Waals surface area contributed by atoms with Gasteiger partial charge in [-0.05, 0) is 11.1 Å². The van der Waals surface area contributed by atoms with E-state index in [1.165, 1.54) is 0 Å². The average Bonchev–Trinajstić information content (AvgIpc) is 2.36. The second kappa shape index (κ2) is 9.79. The average molecular weight is 324 g/mol. The Morgan fingerprint density at radius 2 is 1.05 bits per heavy atom. The van der Waals surface area contributed by atoms with Crippen LogP contribution in [0.5, 0.6) is 0 Å². The first-order chi connectivity index (χ1) is 9.70. The molecule has 0 saturated carbocycles. The summed E-state index contributed by atoms with van der Waals surface area (Å²) >= 11 is 0. The van der Waals surface area contributed by atoms with Gasteiger partial charge in [-0.3, -0.25) is 0 Å². The molecule has 0 heterocycles. The maximum atomic E-state index is 10.6. The van der Waals surface area contributed by atoms with Crippen molar-refractivity contribution in [2.24, 2.45) is 0 Å². The summed E-state index contributed by atoms with van der Waals surface area (Å²) < 4.78 is 21.2. The predicted molar refractivity (Wildman–Crippen MR) is 73.4 cm³/mol. The fourth-order valence-corrected chi connectivity index (χ4v) is 2.32. The minimum atomic E-state index is -3.78. The van der Waals surface area contributed by atoms with Crippen LogP contribution in [0.2, 0.25) is 0 Å².